The maximum absolute atomic E-state index is 11.5. The van der Waals surface area contributed by atoms with Crippen LogP contribution in [0.2, 0.25) is 0 Å². The fourth-order valence-electron chi connectivity index (χ4n) is 2.71. The Morgan fingerprint density at radius 2 is 1.68 bits per heavy atom. The summed E-state index contributed by atoms with van der Waals surface area (Å²) in [5, 5.41) is 1.97. The second kappa shape index (κ2) is 3.65. The first-order valence-electron chi connectivity index (χ1n) is 6.12. The molecule has 0 aliphatic heterocycles. The van der Waals surface area contributed by atoms with Crippen LogP contribution in [0.3, 0.4) is 0 Å². The second-order valence-electron chi connectivity index (χ2n) is 4.53. The summed E-state index contributed by atoms with van der Waals surface area (Å²) in [5.41, 5.74) is 3.58. The summed E-state index contributed by atoms with van der Waals surface area (Å²) in [6.45, 7) is 0. The Balaban J connectivity index is 2.40. The molecule has 0 saturated carbocycles. The molecule has 2 aromatic heterocycles. The van der Waals surface area contributed by atoms with Gasteiger partial charge in [-0.25, -0.2) is 4.98 Å². The maximum Gasteiger partial charge on any atom is 0.152 e. The maximum atomic E-state index is 11.5. The quantitative estimate of drug-likeness (QED) is 0.482. The molecule has 4 rings (SSSR count). The lowest BCUT2D eigenvalue weighted by Crippen LogP contribution is -1.90. The largest absolute Gasteiger partial charge is 0.299 e. The van der Waals surface area contributed by atoms with Crippen molar-refractivity contribution in [3.8, 4) is 0 Å². The minimum absolute atomic E-state index is 0.731. The summed E-state index contributed by atoms with van der Waals surface area (Å²) < 4.78 is 1.99. The molecule has 4 aromatic rings. The van der Waals surface area contributed by atoms with Gasteiger partial charge in [0.25, 0.3) is 0 Å². The molecule has 0 saturated heterocycles. The van der Waals surface area contributed by atoms with Crippen LogP contribution >= 0.6 is 0 Å². The number of carbonyl (C=O) groups excluding carboxylic acids is 1. The molecule has 3 heteroatoms. The smallest absolute Gasteiger partial charge is 0.152 e. The molecule has 90 valence electrons. The number of aromatic nitrogens is 2. The topological polar surface area (TPSA) is 34.4 Å². The van der Waals surface area contributed by atoms with Gasteiger partial charge in [0.15, 0.2) is 6.29 Å². The number of hydrogen-bond acceptors (Lipinski definition) is 2. The summed E-state index contributed by atoms with van der Waals surface area (Å²) in [6, 6.07) is 15.8. The third-order valence-corrected chi connectivity index (χ3v) is 3.54. The van der Waals surface area contributed by atoms with Crippen LogP contribution in [0.5, 0.6) is 0 Å². The lowest BCUT2D eigenvalue weighted by Gasteiger charge is -2.01. The summed E-state index contributed by atoms with van der Waals surface area (Å²) in [4.78, 5) is 16.0. The minimum atomic E-state index is 0.731. The Kier molecular flexibility index (Phi) is 1.97. The molecule has 2 heterocycles. The monoisotopic (exact) mass is 246 g/mol. The fraction of sp³-hybridized carbons (Fsp3) is 0. The molecule has 3 nitrogen and oxygen atoms in total. The molecule has 0 amide bonds. The summed E-state index contributed by atoms with van der Waals surface area (Å²) in [7, 11) is 0. The number of benzene rings is 2. The van der Waals surface area contributed by atoms with Crippen molar-refractivity contribution < 1.29 is 4.79 Å². The molecular weight excluding hydrogens is 236 g/mol. The molecule has 0 atom stereocenters. The van der Waals surface area contributed by atoms with E-state index < -0.39 is 0 Å². The van der Waals surface area contributed by atoms with Crippen molar-refractivity contribution in [2.75, 3.05) is 0 Å². The lowest BCUT2D eigenvalue weighted by atomic mass is 10.1. The standard InChI is InChI=1S/C16H10N2O/c19-9-13-11-5-2-4-8-15(11)18-10-17-14-7-3-1-6-12(14)16(13)18/h1-10H. The van der Waals surface area contributed by atoms with Gasteiger partial charge in [-0.2, -0.15) is 0 Å². The molecule has 0 fully saturated rings. The Morgan fingerprint density at radius 3 is 2.53 bits per heavy atom. The van der Waals surface area contributed by atoms with Crippen molar-refractivity contribution in [2.45, 2.75) is 0 Å². The predicted octanol–water partition coefficient (Wildman–Crippen LogP) is 3.45. The average molecular weight is 246 g/mol. The van der Waals surface area contributed by atoms with E-state index >= 15 is 0 Å². The first-order chi connectivity index (χ1) is 9.40. The van der Waals surface area contributed by atoms with Gasteiger partial charge in [0, 0.05) is 16.3 Å². The van der Waals surface area contributed by atoms with Crippen molar-refractivity contribution in [2.24, 2.45) is 0 Å². The summed E-state index contributed by atoms with van der Waals surface area (Å²) in [5.74, 6) is 0. The number of fused-ring (bicyclic) bond motifs is 5. The highest BCUT2D eigenvalue weighted by Crippen LogP contribution is 2.29. The second-order valence-corrected chi connectivity index (χ2v) is 4.53. The normalized spacial score (nSPS) is 11.4. The van der Waals surface area contributed by atoms with Gasteiger partial charge in [0.05, 0.1) is 16.6 Å². The van der Waals surface area contributed by atoms with E-state index in [1.807, 2.05) is 52.9 Å². The molecule has 0 aliphatic carbocycles. The number of nitrogens with zero attached hydrogens (tertiary/aromatic N) is 2. The van der Waals surface area contributed by atoms with Gasteiger partial charge in [-0.1, -0.05) is 36.4 Å². The number of aldehydes is 1. The number of hydrogen-bond donors (Lipinski definition) is 0. The SMILES string of the molecule is O=Cc1c2ccccc2n2cnc3ccccc3c12. The molecule has 0 N–H and O–H groups in total. The van der Waals surface area contributed by atoms with Gasteiger partial charge in [-0.15, -0.1) is 0 Å². The highest BCUT2D eigenvalue weighted by molar-refractivity contribution is 6.13. The van der Waals surface area contributed by atoms with Crippen molar-refractivity contribution in [1.82, 2.24) is 9.38 Å². The van der Waals surface area contributed by atoms with E-state index in [0.717, 1.165) is 39.2 Å². The van der Waals surface area contributed by atoms with Crippen LogP contribution in [0.1, 0.15) is 10.4 Å². The number of para-hydroxylation sites is 2. The Bertz CT molecular complexity index is 937. The van der Waals surface area contributed by atoms with Crippen LogP contribution in [0.25, 0.3) is 27.3 Å². The van der Waals surface area contributed by atoms with Gasteiger partial charge in [-0.3, -0.25) is 9.20 Å². The van der Waals surface area contributed by atoms with Crippen LogP contribution in [0, 0.1) is 0 Å². The van der Waals surface area contributed by atoms with Crippen molar-refractivity contribution >= 4 is 33.6 Å². The molecular formula is C16H10N2O. The first-order valence-corrected chi connectivity index (χ1v) is 6.12. The van der Waals surface area contributed by atoms with E-state index in [2.05, 4.69) is 4.98 Å². The van der Waals surface area contributed by atoms with Crippen molar-refractivity contribution in [3.05, 3.63) is 60.4 Å². The van der Waals surface area contributed by atoms with Crippen LogP contribution in [0.15, 0.2) is 54.9 Å². The van der Waals surface area contributed by atoms with E-state index in [9.17, 15) is 4.79 Å². The van der Waals surface area contributed by atoms with Crippen molar-refractivity contribution in [3.63, 3.8) is 0 Å². The number of carbonyl (C=O) groups is 1. The average Bonchev–Trinajstić information content (AvgIpc) is 2.81. The molecule has 19 heavy (non-hydrogen) atoms. The van der Waals surface area contributed by atoms with Gasteiger partial charge >= 0.3 is 0 Å². The van der Waals surface area contributed by atoms with E-state index in [1.54, 1.807) is 6.33 Å². The predicted molar refractivity (Wildman–Crippen MR) is 75.6 cm³/mol. The zero-order valence-corrected chi connectivity index (χ0v) is 10.1. The van der Waals surface area contributed by atoms with E-state index in [4.69, 9.17) is 0 Å². The van der Waals surface area contributed by atoms with Crippen molar-refractivity contribution in [1.29, 1.82) is 0 Å². The van der Waals surface area contributed by atoms with E-state index in [-0.39, 0.29) is 0 Å². The van der Waals surface area contributed by atoms with Crippen LogP contribution in [0.4, 0.5) is 0 Å². The fourth-order valence-corrected chi connectivity index (χ4v) is 2.71. The molecule has 0 bridgehead atoms. The summed E-state index contributed by atoms with van der Waals surface area (Å²) >= 11 is 0. The molecule has 0 radical (unpaired) electrons. The molecule has 2 aromatic carbocycles. The third-order valence-electron chi connectivity index (χ3n) is 3.54. The lowest BCUT2D eigenvalue weighted by molar-refractivity contribution is 0.112. The first kappa shape index (κ1) is 10.3. The van der Waals surface area contributed by atoms with Crippen LogP contribution in [-0.2, 0) is 0 Å². The Labute approximate surface area is 109 Å². The zero-order valence-electron chi connectivity index (χ0n) is 10.1. The summed E-state index contributed by atoms with van der Waals surface area (Å²) in [6.07, 6.45) is 2.72. The van der Waals surface area contributed by atoms with Crippen LogP contribution in [-0.4, -0.2) is 15.7 Å². The molecule has 0 unspecified atom stereocenters. The zero-order chi connectivity index (χ0) is 12.8. The minimum Gasteiger partial charge on any atom is -0.299 e. The number of rotatable bonds is 1. The molecule has 0 aliphatic rings. The van der Waals surface area contributed by atoms with Gasteiger partial charge < -0.3 is 0 Å². The third kappa shape index (κ3) is 1.27. The Morgan fingerprint density at radius 1 is 0.947 bits per heavy atom. The van der Waals surface area contributed by atoms with Gasteiger partial charge in [0.2, 0.25) is 0 Å². The van der Waals surface area contributed by atoms with Crippen LogP contribution < -0.4 is 0 Å². The van der Waals surface area contributed by atoms with Gasteiger partial charge in [-0.05, 0) is 12.1 Å². The Hall–Kier alpha value is -2.68. The van der Waals surface area contributed by atoms with E-state index in [0.29, 0.717) is 0 Å². The highest BCUT2D eigenvalue weighted by atomic mass is 16.1. The van der Waals surface area contributed by atoms with E-state index in [1.165, 1.54) is 0 Å². The highest BCUT2D eigenvalue weighted by Gasteiger charge is 2.13. The van der Waals surface area contributed by atoms with Gasteiger partial charge in [0.1, 0.15) is 6.33 Å². The molecule has 0 spiro atoms.